The van der Waals surface area contributed by atoms with Gasteiger partial charge in [0.05, 0.1) is 5.69 Å². The third kappa shape index (κ3) is 3.07. The van der Waals surface area contributed by atoms with Crippen LogP contribution in [0.2, 0.25) is 0 Å². The van der Waals surface area contributed by atoms with Gasteiger partial charge >= 0.3 is 0 Å². The molecule has 1 unspecified atom stereocenters. The maximum Gasteiger partial charge on any atom is 0.223 e. The normalized spacial score (nSPS) is 15.5. The topological polar surface area (TPSA) is 37.8 Å². The Morgan fingerprint density at radius 2 is 1.81 bits per heavy atom. The number of nitrogens with one attached hydrogen (secondary N) is 1. The average Bonchev–Trinajstić information content (AvgIpc) is 2.66. The fourth-order valence-electron chi connectivity index (χ4n) is 3.55. The van der Waals surface area contributed by atoms with Crippen LogP contribution in [0, 0.1) is 11.7 Å². The Kier molecular flexibility index (Phi) is 4.41. The monoisotopic (exact) mass is 347 g/mol. The van der Waals surface area contributed by atoms with Crippen molar-refractivity contribution in [3.8, 4) is 11.3 Å². The molecule has 0 saturated heterocycles. The molecule has 3 nitrogen and oxygen atoms in total. The highest BCUT2D eigenvalue weighted by Gasteiger charge is 2.28. The molecule has 2 aromatic carbocycles. The summed E-state index contributed by atoms with van der Waals surface area (Å²) in [5.41, 5.74) is 4.93. The summed E-state index contributed by atoms with van der Waals surface area (Å²) in [5, 5.41) is 3.29. The summed E-state index contributed by atoms with van der Waals surface area (Å²) in [6.45, 7) is 5.14. The summed E-state index contributed by atoms with van der Waals surface area (Å²) < 4.78 is 14.4. The van der Waals surface area contributed by atoms with Crippen molar-refractivity contribution in [2.75, 3.05) is 11.9 Å². The van der Waals surface area contributed by atoms with Gasteiger partial charge in [-0.25, -0.2) is 14.4 Å². The third-order valence-corrected chi connectivity index (χ3v) is 4.83. The van der Waals surface area contributed by atoms with Crippen LogP contribution < -0.4 is 5.32 Å². The van der Waals surface area contributed by atoms with Crippen molar-refractivity contribution < 1.29 is 4.39 Å². The minimum atomic E-state index is -0.160. The van der Waals surface area contributed by atoms with Crippen molar-refractivity contribution in [2.24, 2.45) is 5.92 Å². The second-order valence-electron chi connectivity index (χ2n) is 7.21. The van der Waals surface area contributed by atoms with Gasteiger partial charge < -0.3 is 5.32 Å². The molecular formula is C22H22FN3. The molecule has 0 radical (unpaired) electrons. The van der Waals surface area contributed by atoms with E-state index in [1.165, 1.54) is 6.07 Å². The largest absolute Gasteiger partial charge is 0.354 e. The van der Waals surface area contributed by atoms with E-state index in [1.807, 2.05) is 30.5 Å². The second-order valence-corrected chi connectivity index (χ2v) is 7.21. The van der Waals surface area contributed by atoms with E-state index in [0.29, 0.717) is 18.3 Å². The molecule has 3 aromatic rings. The summed E-state index contributed by atoms with van der Waals surface area (Å²) in [6, 6.07) is 15.2. The van der Waals surface area contributed by atoms with Crippen LogP contribution >= 0.6 is 0 Å². The number of halogens is 1. The van der Waals surface area contributed by atoms with Gasteiger partial charge in [0.15, 0.2) is 0 Å². The van der Waals surface area contributed by atoms with Crippen molar-refractivity contribution in [1.29, 1.82) is 0 Å². The Bertz CT molecular complexity index is 936. The lowest BCUT2D eigenvalue weighted by atomic mass is 9.78. The van der Waals surface area contributed by atoms with Gasteiger partial charge in [0.2, 0.25) is 5.95 Å². The zero-order valence-corrected chi connectivity index (χ0v) is 15.0. The van der Waals surface area contributed by atoms with E-state index in [2.05, 4.69) is 36.3 Å². The highest BCUT2D eigenvalue weighted by atomic mass is 19.1. The van der Waals surface area contributed by atoms with Crippen molar-refractivity contribution >= 4 is 5.95 Å². The van der Waals surface area contributed by atoms with Crippen LogP contribution in [0.5, 0.6) is 0 Å². The van der Waals surface area contributed by atoms with Crippen LogP contribution in [0.3, 0.4) is 0 Å². The maximum atomic E-state index is 14.4. The molecule has 4 rings (SSSR count). The lowest BCUT2D eigenvalue weighted by molar-refractivity contribution is 0.593. The van der Waals surface area contributed by atoms with Gasteiger partial charge in [-0.1, -0.05) is 56.3 Å². The van der Waals surface area contributed by atoms with Crippen LogP contribution in [0.1, 0.15) is 36.5 Å². The van der Waals surface area contributed by atoms with E-state index in [1.54, 1.807) is 6.07 Å². The number of hydrogen-bond donors (Lipinski definition) is 1. The Balaban J connectivity index is 1.78. The van der Waals surface area contributed by atoms with Gasteiger partial charge in [-0.15, -0.1) is 0 Å². The molecule has 0 fully saturated rings. The first kappa shape index (κ1) is 16.7. The molecule has 1 heterocycles. The summed E-state index contributed by atoms with van der Waals surface area (Å²) in [7, 11) is 0. The van der Waals surface area contributed by atoms with Crippen molar-refractivity contribution in [3.05, 3.63) is 77.2 Å². The minimum Gasteiger partial charge on any atom is -0.354 e. The van der Waals surface area contributed by atoms with E-state index in [9.17, 15) is 4.39 Å². The quantitative estimate of drug-likeness (QED) is 0.718. The molecule has 0 amide bonds. The lowest BCUT2D eigenvalue weighted by Crippen LogP contribution is -2.17. The van der Waals surface area contributed by atoms with Crippen LogP contribution in [-0.2, 0) is 6.42 Å². The van der Waals surface area contributed by atoms with Crippen LogP contribution in [-0.4, -0.2) is 16.5 Å². The molecule has 0 bridgehead atoms. The lowest BCUT2D eigenvalue weighted by Gasteiger charge is -2.27. The first-order chi connectivity index (χ1) is 12.6. The number of benzene rings is 2. The highest BCUT2D eigenvalue weighted by molar-refractivity contribution is 5.72. The number of rotatable bonds is 4. The van der Waals surface area contributed by atoms with Gasteiger partial charge in [0.25, 0.3) is 0 Å². The predicted octanol–water partition coefficient (Wildman–Crippen LogP) is 5.04. The van der Waals surface area contributed by atoms with Crippen LogP contribution in [0.15, 0.2) is 54.7 Å². The molecule has 0 aliphatic heterocycles. The molecule has 4 heteroatoms. The van der Waals surface area contributed by atoms with Gasteiger partial charge in [-0.05, 0) is 35.1 Å². The van der Waals surface area contributed by atoms with Crippen molar-refractivity contribution in [2.45, 2.75) is 26.2 Å². The first-order valence-corrected chi connectivity index (χ1v) is 9.07. The molecule has 1 aromatic heterocycles. The molecule has 0 saturated carbocycles. The molecule has 1 aliphatic rings. The average molecular weight is 347 g/mol. The fourth-order valence-corrected chi connectivity index (χ4v) is 3.55. The van der Waals surface area contributed by atoms with Crippen LogP contribution in [0.25, 0.3) is 11.3 Å². The Hall–Kier alpha value is -2.75. The highest BCUT2D eigenvalue weighted by Crippen LogP contribution is 2.42. The molecule has 1 atom stereocenters. The van der Waals surface area contributed by atoms with Gasteiger partial charge in [0, 0.05) is 24.2 Å². The summed E-state index contributed by atoms with van der Waals surface area (Å²) in [5.74, 6) is 0.994. The fraction of sp³-hybridized carbons (Fsp3) is 0.273. The summed E-state index contributed by atoms with van der Waals surface area (Å²) >= 11 is 0. The summed E-state index contributed by atoms with van der Waals surface area (Å²) in [6.07, 6.45) is 2.59. The molecule has 1 N–H and O–H groups in total. The number of fused-ring (bicyclic) bond motifs is 3. The van der Waals surface area contributed by atoms with E-state index in [0.717, 1.165) is 34.5 Å². The van der Waals surface area contributed by atoms with Crippen molar-refractivity contribution in [3.63, 3.8) is 0 Å². The molecule has 1 aliphatic carbocycles. The third-order valence-electron chi connectivity index (χ3n) is 4.83. The summed E-state index contributed by atoms with van der Waals surface area (Å²) in [4.78, 5) is 9.23. The first-order valence-electron chi connectivity index (χ1n) is 9.07. The van der Waals surface area contributed by atoms with Gasteiger partial charge in [-0.3, -0.25) is 0 Å². The zero-order valence-electron chi connectivity index (χ0n) is 15.0. The maximum absolute atomic E-state index is 14.4. The standard InChI is InChI=1S/C22H22FN3/c1-14(2)12-24-22-25-13-15-11-19(17-8-5-6-10-20(17)23)16-7-3-4-9-18(16)21(15)26-22/h3-10,13-14,19H,11-12H2,1-2H3,(H,24,25,26). The van der Waals surface area contributed by atoms with E-state index >= 15 is 0 Å². The predicted molar refractivity (Wildman–Crippen MR) is 103 cm³/mol. The molecular weight excluding hydrogens is 325 g/mol. The molecule has 132 valence electrons. The van der Waals surface area contributed by atoms with Crippen LogP contribution in [0.4, 0.5) is 10.3 Å². The minimum absolute atomic E-state index is 0.0158. The molecule has 26 heavy (non-hydrogen) atoms. The van der Waals surface area contributed by atoms with E-state index < -0.39 is 0 Å². The Labute approximate surface area is 153 Å². The number of hydrogen-bond acceptors (Lipinski definition) is 3. The second kappa shape index (κ2) is 6.87. The van der Waals surface area contributed by atoms with E-state index in [-0.39, 0.29) is 11.7 Å². The van der Waals surface area contributed by atoms with Gasteiger partial charge in [-0.2, -0.15) is 0 Å². The Morgan fingerprint density at radius 3 is 2.58 bits per heavy atom. The smallest absolute Gasteiger partial charge is 0.223 e. The zero-order chi connectivity index (χ0) is 18.1. The van der Waals surface area contributed by atoms with Crippen molar-refractivity contribution in [1.82, 2.24) is 9.97 Å². The number of aromatic nitrogens is 2. The molecule has 0 spiro atoms. The van der Waals surface area contributed by atoms with Gasteiger partial charge in [0.1, 0.15) is 5.82 Å². The Morgan fingerprint density at radius 1 is 1.08 bits per heavy atom. The number of nitrogens with zero attached hydrogens (tertiary/aromatic N) is 2. The van der Waals surface area contributed by atoms with E-state index in [4.69, 9.17) is 4.98 Å². The SMILES string of the molecule is CC(C)CNc1ncc2c(n1)-c1ccccc1C(c1ccccc1F)C2. The number of anilines is 1.